The second kappa shape index (κ2) is 9.01. The van der Waals surface area contributed by atoms with E-state index in [0.29, 0.717) is 11.0 Å². The third kappa shape index (κ3) is 4.93. The smallest absolute Gasteiger partial charge is 0.321 e. The SMILES string of the molecule is CCCCCC(C)NC(=O)CSc1nc2ccccc2n1C(F)F. The minimum atomic E-state index is -2.68. The van der Waals surface area contributed by atoms with Crippen molar-refractivity contribution in [3.8, 4) is 0 Å². The number of carbonyl (C=O) groups is 1. The van der Waals surface area contributed by atoms with Crippen LogP contribution in [0.4, 0.5) is 8.78 Å². The molecule has 0 aliphatic carbocycles. The zero-order valence-electron chi connectivity index (χ0n) is 14.0. The van der Waals surface area contributed by atoms with Crippen LogP contribution in [-0.2, 0) is 4.79 Å². The summed E-state index contributed by atoms with van der Waals surface area (Å²) < 4.78 is 27.5. The van der Waals surface area contributed by atoms with E-state index < -0.39 is 6.55 Å². The Morgan fingerprint density at radius 2 is 2.08 bits per heavy atom. The second-order valence-electron chi connectivity index (χ2n) is 5.78. The first-order chi connectivity index (χ1) is 11.5. The Hall–Kier alpha value is -1.63. The zero-order valence-corrected chi connectivity index (χ0v) is 14.8. The van der Waals surface area contributed by atoms with Crippen molar-refractivity contribution in [1.29, 1.82) is 0 Å². The molecule has 4 nitrogen and oxygen atoms in total. The average Bonchev–Trinajstić information content (AvgIpc) is 2.91. The molecule has 0 spiro atoms. The standard InChI is InChI=1S/C17H23F2N3OS/c1-3-4-5-8-12(2)20-15(23)11-24-17-21-13-9-6-7-10-14(13)22(17)16(18)19/h6-7,9-10,12,16H,3-5,8,11H2,1-2H3,(H,20,23). The van der Waals surface area contributed by atoms with E-state index in [4.69, 9.17) is 0 Å². The quantitative estimate of drug-likeness (QED) is 0.528. The lowest BCUT2D eigenvalue weighted by molar-refractivity contribution is -0.119. The molecule has 0 saturated carbocycles. The maximum atomic E-state index is 13.3. The van der Waals surface area contributed by atoms with E-state index in [-0.39, 0.29) is 22.9 Å². The minimum Gasteiger partial charge on any atom is -0.353 e. The molecule has 1 N–H and O–H groups in total. The molecule has 1 amide bonds. The second-order valence-corrected chi connectivity index (χ2v) is 6.73. The van der Waals surface area contributed by atoms with Crippen LogP contribution in [0.5, 0.6) is 0 Å². The number of benzene rings is 1. The molecule has 1 atom stereocenters. The number of amides is 1. The molecule has 2 rings (SSSR count). The lowest BCUT2D eigenvalue weighted by atomic mass is 10.1. The van der Waals surface area contributed by atoms with Gasteiger partial charge in [-0.1, -0.05) is 50.1 Å². The highest BCUT2D eigenvalue weighted by molar-refractivity contribution is 7.99. The number of fused-ring (bicyclic) bond motifs is 1. The van der Waals surface area contributed by atoms with Crippen LogP contribution in [0.2, 0.25) is 0 Å². The number of hydrogen-bond donors (Lipinski definition) is 1. The zero-order chi connectivity index (χ0) is 17.5. The number of rotatable bonds is 9. The number of thioether (sulfide) groups is 1. The van der Waals surface area contributed by atoms with Crippen LogP contribution in [0, 0.1) is 0 Å². The molecule has 0 aliphatic rings. The summed E-state index contributed by atoms with van der Waals surface area (Å²) in [5.74, 6) is -0.0781. The van der Waals surface area contributed by atoms with Gasteiger partial charge < -0.3 is 5.32 Å². The Kier molecular flexibility index (Phi) is 7.02. The van der Waals surface area contributed by atoms with E-state index in [2.05, 4.69) is 17.2 Å². The molecule has 24 heavy (non-hydrogen) atoms. The number of unbranched alkanes of at least 4 members (excludes halogenated alkanes) is 2. The molecule has 132 valence electrons. The van der Waals surface area contributed by atoms with Gasteiger partial charge >= 0.3 is 6.55 Å². The highest BCUT2D eigenvalue weighted by Gasteiger charge is 2.19. The normalized spacial score (nSPS) is 12.7. The van der Waals surface area contributed by atoms with Crippen molar-refractivity contribution in [2.45, 2.75) is 57.3 Å². The summed E-state index contributed by atoms with van der Waals surface area (Å²) in [4.78, 5) is 16.2. The van der Waals surface area contributed by atoms with E-state index in [0.717, 1.165) is 42.0 Å². The molecular weight excluding hydrogens is 332 g/mol. The van der Waals surface area contributed by atoms with Crippen molar-refractivity contribution >= 4 is 28.7 Å². The molecule has 1 heterocycles. The molecule has 0 bridgehead atoms. The van der Waals surface area contributed by atoms with Crippen molar-refractivity contribution in [2.24, 2.45) is 0 Å². The fraction of sp³-hybridized carbons (Fsp3) is 0.529. The van der Waals surface area contributed by atoms with Crippen molar-refractivity contribution in [1.82, 2.24) is 14.9 Å². The summed E-state index contributed by atoms with van der Waals surface area (Å²) >= 11 is 1.04. The van der Waals surface area contributed by atoms with Gasteiger partial charge in [0.1, 0.15) is 0 Å². The van der Waals surface area contributed by atoms with E-state index in [9.17, 15) is 13.6 Å². The monoisotopic (exact) mass is 355 g/mol. The van der Waals surface area contributed by atoms with Gasteiger partial charge in [-0.05, 0) is 25.5 Å². The van der Waals surface area contributed by atoms with E-state index in [1.165, 1.54) is 0 Å². The third-order valence-electron chi connectivity index (χ3n) is 3.74. The minimum absolute atomic E-state index is 0.0775. The first-order valence-electron chi connectivity index (χ1n) is 8.20. The number of halogens is 2. The van der Waals surface area contributed by atoms with Gasteiger partial charge in [0, 0.05) is 6.04 Å². The summed E-state index contributed by atoms with van der Waals surface area (Å²) in [6, 6.07) is 6.84. The van der Waals surface area contributed by atoms with Gasteiger partial charge in [0.2, 0.25) is 5.91 Å². The number of alkyl halides is 2. The van der Waals surface area contributed by atoms with Crippen molar-refractivity contribution < 1.29 is 13.6 Å². The summed E-state index contributed by atoms with van der Waals surface area (Å²) in [5, 5.41) is 3.07. The highest BCUT2D eigenvalue weighted by atomic mass is 32.2. The molecule has 0 aliphatic heterocycles. The number of carbonyl (C=O) groups excluding carboxylic acids is 1. The van der Waals surface area contributed by atoms with Crippen molar-refractivity contribution in [3.05, 3.63) is 24.3 Å². The predicted molar refractivity (Wildman–Crippen MR) is 93.5 cm³/mol. The maximum Gasteiger partial charge on any atom is 0.321 e. The highest BCUT2D eigenvalue weighted by Crippen LogP contribution is 2.28. The molecule has 1 aromatic carbocycles. The molecule has 0 fully saturated rings. The van der Waals surface area contributed by atoms with Crippen molar-refractivity contribution in [2.75, 3.05) is 5.75 Å². The fourth-order valence-electron chi connectivity index (χ4n) is 2.53. The van der Waals surface area contributed by atoms with Crippen LogP contribution < -0.4 is 5.32 Å². The van der Waals surface area contributed by atoms with Crippen LogP contribution in [0.25, 0.3) is 11.0 Å². The summed E-state index contributed by atoms with van der Waals surface area (Å²) in [7, 11) is 0. The Bertz CT molecular complexity index is 675. The fourth-order valence-corrected chi connectivity index (χ4v) is 3.36. The summed E-state index contributed by atoms with van der Waals surface area (Å²) in [6.07, 6.45) is 4.29. The Labute approximate surface area is 145 Å². The Morgan fingerprint density at radius 1 is 1.33 bits per heavy atom. The number of aromatic nitrogens is 2. The molecule has 1 aromatic heterocycles. The molecule has 7 heteroatoms. The van der Waals surface area contributed by atoms with Crippen LogP contribution in [0.15, 0.2) is 29.4 Å². The lowest BCUT2D eigenvalue weighted by Crippen LogP contribution is -2.33. The largest absolute Gasteiger partial charge is 0.353 e. The molecule has 0 saturated heterocycles. The molecule has 0 radical (unpaired) electrons. The Balaban J connectivity index is 1.95. The molecule has 1 unspecified atom stereocenters. The van der Waals surface area contributed by atoms with Crippen LogP contribution in [-0.4, -0.2) is 27.3 Å². The van der Waals surface area contributed by atoms with E-state index in [1.54, 1.807) is 24.3 Å². The number of nitrogens with one attached hydrogen (secondary N) is 1. The summed E-state index contributed by atoms with van der Waals surface area (Å²) in [6.45, 7) is 1.41. The van der Waals surface area contributed by atoms with Gasteiger partial charge in [0.05, 0.1) is 16.8 Å². The number of nitrogens with zero attached hydrogens (tertiary/aromatic N) is 2. The maximum absolute atomic E-state index is 13.3. The Morgan fingerprint density at radius 3 is 2.79 bits per heavy atom. The van der Waals surface area contributed by atoms with Crippen molar-refractivity contribution in [3.63, 3.8) is 0 Å². The van der Waals surface area contributed by atoms with Gasteiger partial charge in [-0.25, -0.2) is 4.98 Å². The summed E-state index contributed by atoms with van der Waals surface area (Å²) in [5.41, 5.74) is 0.886. The first-order valence-corrected chi connectivity index (χ1v) is 9.18. The van der Waals surface area contributed by atoms with Gasteiger partial charge in [0.15, 0.2) is 5.16 Å². The van der Waals surface area contributed by atoms with Crippen LogP contribution >= 0.6 is 11.8 Å². The predicted octanol–water partition coefficient (Wildman–Crippen LogP) is 4.61. The average molecular weight is 355 g/mol. The molecular formula is C17H23F2N3OS. The van der Waals surface area contributed by atoms with Gasteiger partial charge in [-0.3, -0.25) is 9.36 Å². The lowest BCUT2D eigenvalue weighted by Gasteiger charge is -2.13. The number of para-hydroxylation sites is 2. The number of hydrogen-bond acceptors (Lipinski definition) is 3. The third-order valence-corrected chi connectivity index (χ3v) is 4.69. The topological polar surface area (TPSA) is 46.9 Å². The van der Waals surface area contributed by atoms with E-state index >= 15 is 0 Å². The van der Waals surface area contributed by atoms with Crippen LogP contribution in [0.3, 0.4) is 0 Å². The van der Waals surface area contributed by atoms with Crippen LogP contribution in [0.1, 0.15) is 46.1 Å². The van der Waals surface area contributed by atoms with Gasteiger partial charge in [0.25, 0.3) is 0 Å². The first kappa shape index (κ1) is 18.7. The van der Waals surface area contributed by atoms with Gasteiger partial charge in [-0.15, -0.1) is 0 Å². The van der Waals surface area contributed by atoms with Gasteiger partial charge in [-0.2, -0.15) is 8.78 Å². The molecule has 2 aromatic rings. The number of imidazole rings is 1. The van der Waals surface area contributed by atoms with E-state index in [1.807, 2.05) is 6.92 Å².